The number of halogens is 2. The first-order valence-electron chi connectivity index (χ1n) is 9.76. The predicted molar refractivity (Wildman–Crippen MR) is 118 cm³/mol. The normalized spacial score (nSPS) is 14.7. The maximum Gasteiger partial charge on any atom is 0.305 e. The number of piperidine rings is 1. The van der Waals surface area contributed by atoms with Gasteiger partial charge in [0.1, 0.15) is 28.2 Å². The van der Waals surface area contributed by atoms with E-state index in [2.05, 4.69) is 40.5 Å². The maximum atomic E-state index is 13.5. The van der Waals surface area contributed by atoms with Gasteiger partial charge in [0.2, 0.25) is 0 Å². The van der Waals surface area contributed by atoms with E-state index in [4.69, 9.17) is 4.74 Å². The zero-order valence-corrected chi connectivity index (χ0v) is 19.1. The lowest BCUT2D eigenvalue weighted by molar-refractivity contribution is -0.140. The van der Waals surface area contributed by atoms with Crippen molar-refractivity contribution in [3.63, 3.8) is 0 Å². The number of carbonyl (C=O) groups is 1. The third kappa shape index (κ3) is 5.04. The molecule has 0 atom stereocenters. The highest BCUT2D eigenvalue weighted by atomic mass is 79.9. The molecule has 0 aliphatic carbocycles. The summed E-state index contributed by atoms with van der Waals surface area (Å²) in [6.07, 6.45) is 1.87. The van der Waals surface area contributed by atoms with Gasteiger partial charge in [0, 0.05) is 38.4 Å². The number of fused-ring (bicyclic) bond motifs is 1. The minimum Gasteiger partial charge on any atom is -0.489 e. The second-order valence-corrected chi connectivity index (χ2v) is 8.95. The molecule has 31 heavy (non-hydrogen) atoms. The number of esters is 1. The zero-order valence-electron chi connectivity index (χ0n) is 16.7. The molecule has 0 bridgehead atoms. The molecule has 8 nitrogen and oxygen atoms in total. The number of aromatic nitrogens is 3. The van der Waals surface area contributed by atoms with Crippen molar-refractivity contribution < 1.29 is 18.7 Å². The van der Waals surface area contributed by atoms with E-state index in [-0.39, 0.29) is 36.3 Å². The molecule has 0 unspecified atom stereocenters. The Morgan fingerprint density at radius 3 is 2.87 bits per heavy atom. The summed E-state index contributed by atoms with van der Waals surface area (Å²) in [4.78, 5) is 37.5. The van der Waals surface area contributed by atoms with Crippen molar-refractivity contribution in [3.05, 3.63) is 44.7 Å². The van der Waals surface area contributed by atoms with E-state index < -0.39 is 0 Å². The summed E-state index contributed by atoms with van der Waals surface area (Å²) >= 11 is 4.68. The fourth-order valence-electron chi connectivity index (χ4n) is 3.36. The van der Waals surface area contributed by atoms with Crippen LogP contribution in [0.3, 0.4) is 0 Å². The fourth-order valence-corrected chi connectivity index (χ4v) is 4.65. The molecule has 0 amide bonds. The summed E-state index contributed by atoms with van der Waals surface area (Å²) in [5.74, 6) is 0.201. The number of carbonyl (C=O) groups excluding carboxylic acids is 1. The van der Waals surface area contributed by atoms with Crippen LogP contribution in [-0.4, -0.2) is 47.2 Å². The molecule has 1 fully saturated rings. The number of nitrogens with zero attached hydrogens (tertiary/aromatic N) is 3. The van der Waals surface area contributed by atoms with E-state index in [0.29, 0.717) is 35.0 Å². The van der Waals surface area contributed by atoms with Gasteiger partial charge >= 0.3 is 5.97 Å². The molecular formula is C20H20BrFN4O4S. The first-order valence-corrected chi connectivity index (χ1v) is 11.4. The van der Waals surface area contributed by atoms with Crippen molar-refractivity contribution >= 4 is 48.7 Å². The van der Waals surface area contributed by atoms with Crippen LogP contribution in [0.25, 0.3) is 10.3 Å². The molecule has 0 saturated carbocycles. The van der Waals surface area contributed by atoms with E-state index in [9.17, 15) is 14.0 Å². The summed E-state index contributed by atoms with van der Waals surface area (Å²) in [6.45, 7) is 1.40. The van der Waals surface area contributed by atoms with Crippen LogP contribution in [0.5, 0.6) is 5.75 Å². The second kappa shape index (κ2) is 9.31. The van der Waals surface area contributed by atoms with Crippen LogP contribution in [0, 0.1) is 5.82 Å². The van der Waals surface area contributed by atoms with Gasteiger partial charge in [0.05, 0.1) is 18.0 Å². The van der Waals surface area contributed by atoms with Crippen LogP contribution < -0.4 is 15.2 Å². The highest BCUT2D eigenvalue weighted by molar-refractivity contribution is 9.10. The topological polar surface area (TPSA) is 97.4 Å². The molecule has 164 valence electrons. The molecule has 1 N–H and O–H groups in total. The number of methoxy groups -OCH3 is 1. The van der Waals surface area contributed by atoms with Gasteiger partial charge in [-0.1, -0.05) is 11.3 Å². The number of aromatic amines is 1. The number of hydrogen-bond acceptors (Lipinski definition) is 8. The standard InChI is InChI=1S/C20H20BrFN4O4S/c1-29-16(27)5-4-15-23-18-17(19(28)24-15)31-20(25-18)26-8-6-12(7-9-26)30-14-10-11(22)2-3-13(14)21/h2-3,10,12H,4-9H2,1H3,(H,23,24,28). The first-order chi connectivity index (χ1) is 14.9. The Hall–Kier alpha value is -2.53. The number of nitrogens with one attached hydrogen (secondary N) is 1. The monoisotopic (exact) mass is 510 g/mol. The van der Waals surface area contributed by atoms with Crippen molar-refractivity contribution in [3.8, 4) is 5.75 Å². The number of thiazole rings is 1. The Labute approximate surface area is 189 Å². The number of aryl methyl sites for hydroxylation is 1. The summed E-state index contributed by atoms with van der Waals surface area (Å²) < 4.78 is 25.2. The van der Waals surface area contributed by atoms with Gasteiger partial charge in [0.15, 0.2) is 10.8 Å². The van der Waals surface area contributed by atoms with Crippen LogP contribution in [0.15, 0.2) is 27.5 Å². The van der Waals surface area contributed by atoms with Crippen LogP contribution in [-0.2, 0) is 16.0 Å². The third-order valence-corrected chi connectivity index (χ3v) is 6.76. The Balaban J connectivity index is 1.42. The lowest BCUT2D eigenvalue weighted by Crippen LogP contribution is -2.38. The quantitative estimate of drug-likeness (QED) is 0.507. The fraction of sp³-hybridized carbons (Fsp3) is 0.400. The maximum absolute atomic E-state index is 13.5. The molecular weight excluding hydrogens is 491 g/mol. The summed E-state index contributed by atoms with van der Waals surface area (Å²) in [5, 5.41) is 0.725. The molecule has 3 heterocycles. The number of anilines is 1. The molecule has 4 rings (SSSR count). The smallest absolute Gasteiger partial charge is 0.305 e. The second-order valence-electron chi connectivity index (χ2n) is 7.12. The van der Waals surface area contributed by atoms with Gasteiger partial charge in [-0.15, -0.1) is 0 Å². The van der Waals surface area contributed by atoms with Crippen molar-refractivity contribution in [2.45, 2.75) is 31.8 Å². The van der Waals surface area contributed by atoms with Crippen LogP contribution in [0.4, 0.5) is 9.52 Å². The number of ether oxygens (including phenoxy) is 2. The third-order valence-electron chi connectivity index (χ3n) is 5.00. The number of benzene rings is 1. The van der Waals surface area contributed by atoms with Gasteiger partial charge in [-0.25, -0.2) is 9.37 Å². The van der Waals surface area contributed by atoms with Gasteiger partial charge in [-0.3, -0.25) is 9.59 Å². The van der Waals surface area contributed by atoms with Gasteiger partial charge in [-0.2, -0.15) is 4.98 Å². The minimum absolute atomic E-state index is 0.0322. The summed E-state index contributed by atoms with van der Waals surface area (Å²) in [5.41, 5.74) is 0.119. The molecule has 2 aromatic heterocycles. The van der Waals surface area contributed by atoms with Crippen molar-refractivity contribution in [1.82, 2.24) is 15.0 Å². The van der Waals surface area contributed by atoms with Crippen molar-refractivity contribution in [2.75, 3.05) is 25.1 Å². The van der Waals surface area contributed by atoms with Gasteiger partial charge < -0.3 is 19.4 Å². The Morgan fingerprint density at radius 2 is 2.13 bits per heavy atom. The predicted octanol–water partition coefficient (Wildman–Crippen LogP) is 3.43. The lowest BCUT2D eigenvalue weighted by atomic mass is 10.1. The van der Waals surface area contributed by atoms with Crippen molar-refractivity contribution in [2.24, 2.45) is 0 Å². The van der Waals surface area contributed by atoms with Crippen LogP contribution >= 0.6 is 27.3 Å². The SMILES string of the molecule is COC(=O)CCc1nc2nc(N3CCC(Oc4cc(F)ccc4Br)CC3)sc2c(=O)[nH]1. The number of rotatable bonds is 6. The molecule has 0 spiro atoms. The molecule has 1 saturated heterocycles. The summed E-state index contributed by atoms with van der Waals surface area (Å²) in [6, 6.07) is 4.38. The van der Waals surface area contributed by atoms with E-state index in [1.54, 1.807) is 6.07 Å². The molecule has 11 heteroatoms. The zero-order chi connectivity index (χ0) is 22.0. The average Bonchev–Trinajstić information content (AvgIpc) is 3.20. The molecule has 1 aromatic carbocycles. The minimum atomic E-state index is -0.364. The van der Waals surface area contributed by atoms with E-state index in [1.807, 2.05) is 0 Å². The summed E-state index contributed by atoms with van der Waals surface area (Å²) in [7, 11) is 1.32. The molecule has 1 aliphatic heterocycles. The Kier molecular flexibility index (Phi) is 6.51. The Bertz CT molecular complexity index is 1160. The molecule has 0 radical (unpaired) electrons. The number of hydrogen-bond donors (Lipinski definition) is 1. The molecule has 1 aliphatic rings. The largest absolute Gasteiger partial charge is 0.489 e. The van der Waals surface area contributed by atoms with Crippen LogP contribution in [0.2, 0.25) is 0 Å². The highest BCUT2D eigenvalue weighted by Gasteiger charge is 2.24. The van der Waals surface area contributed by atoms with Gasteiger partial charge in [-0.05, 0) is 28.1 Å². The first kappa shape index (κ1) is 21.7. The molecule has 3 aromatic rings. The Morgan fingerprint density at radius 1 is 1.35 bits per heavy atom. The lowest BCUT2D eigenvalue weighted by Gasteiger charge is -2.32. The van der Waals surface area contributed by atoms with Gasteiger partial charge in [0.25, 0.3) is 5.56 Å². The van der Waals surface area contributed by atoms with E-state index in [1.165, 1.54) is 30.6 Å². The van der Waals surface area contributed by atoms with E-state index >= 15 is 0 Å². The van der Waals surface area contributed by atoms with Crippen LogP contribution in [0.1, 0.15) is 25.1 Å². The highest BCUT2D eigenvalue weighted by Crippen LogP contribution is 2.31. The van der Waals surface area contributed by atoms with Crippen molar-refractivity contribution in [1.29, 1.82) is 0 Å². The van der Waals surface area contributed by atoms with E-state index in [0.717, 1.165) is 22.4 Å². The number of H-pyrrole nitrogens is 1. The average molecular weight is 511 g/mol.